The quantitative estimate of drug-likeness (QED) is 0.814. The molecule has 0 aromatic carbocycles. The van der Waals surface area contributed by atoms with Gasteiger partial charge in [-0.1, -0.05) is 12.8 Å². The van der Waals surface area contributed by atoms with Gasteiger partial charge in [-0.3, -0.25) is 14.5 Å². The van der Waals surface area contributed by atoms with Crippen LogP contribution in [-0.4, -0.2) is 50.9 Å². The predicted octanol–water partition coefficient (Wildman–Crippen LogP) is 0.929. The van der Waals surface area contributed by atoms with Crippen LogP contribution in [0.2, 0.25) is 0 Å². The molecule has 1 atom stereocenters. The maximum absolute atomic E-state index is 12.8. The number of rotatable bonds is 2. The number of nitrogens with zero attached hydrogens (tertiary/aromatic N) is 4. The summed E-state index contributed by atoms with van der Waals surface area (Å²) in [7, 11) is 1.72. The van der Waals surface area contributed by atoms with Gasteiger partial charge in [0.1, 0.15) is 0 Å². The van der Waals surface area contributed by atoms with E-state index in [1.807, 2.05) is 11.8 Å². The second-order valence-electron chi connectivity index (χ2n) is 6.72. The Bertz CT molecular complexity index is 632. The van der Waals surface area contributed by atoms with Gasteiger partial charge in [-0.05, 0) is 39.3 Å². The van der Waals surface area contributed by atoms with E-state index < -0.39 is 0 Å². The van der Waals surface area contributed by atoms with Gasteiger partial charge in [-0.25, -0.2) is 4.98 Å². The van der Waals surface area contributed by atoms with Crippen LogP contribution in [0.25, 0.3) is 0 Å². The molecule has 1 aromatic heterocycles. The smallest absolute Gasteiger partial charge is 0.256 e. The molecule has 3 rings (SSSR count). The Morgan fingerprint density at radius 1 is 1.17 bits per heavy atom. The average molecular weight is 318 g/mol. The third-order valence-electron chi connectivity index (χ3n) is 5.14. The molecular formula is C17H26N4O2. The van der Waals surface area contributed by atoms with Crippen molar-refractivity contribution < 1.29 is 4.79 Å². The summed E-state index contributed by atoms with van der Waals surface area (Å²) in [5.74, 6) is 0.167. The van der Waals surface area contributed by atoms with Crippen molar-refractivity contribution in [2.45, 2.75) is 51.6 Å². The highest BCUT2D eigenvalue weighted by atomic mass is 16.2. The summed E-state index contributed by atoms with van der Waals surface area (Å²) in [6.45, 7) is 5.11. The highest BCUT2D eigenvalue weighted by Crippen LogP contribution is 2.18. The van der Waals surface area contributed by atoms with E-state index in [-0.39, 0.29) is 17.5 Å². The van der Waals surface area contributed by atoms with E-state index in [0.717, 1.165) is 24.3 Å². The molecule has 0 unspecified atom stereocenters. The fourth-order valence-electron chi connectivity index (χ4n) is 3.61. The van der Waals surface area contributed by atoms with Crippen molar-refractivity contribution in [3.63, 3.8) is 0 Å². The first kappa shape index (κ1) is 16.2. The SMILES string of the molecule is C[C@H](C(=O)N1CCc2c(ncn(C)c2=O)C1)N1CCCCCC1. The van der Waals surface area contributed by atoms with Crippen LogP contribution in [0.15, 0.2) is 11.1 Å². The third-order valence-corrected chi connectivity index (χ3v) is 5.14. The lowest BCUT2D eigenvalue weighted by atomic mass is 10.1. The van der Waals surface area contributed by atoms with Crippen LogP contribution in [0.5, 0.6) is 0 Å². The van der Waals surface area contributed by atoms with Gasteiger partial charge >= 0.3 is 0 Å². The molecule has 1 aromatic rings. The number of carbonyl (C=O) groups excluding carboxylic acids is 1. The minimum Gasteiger partial charge on any atom is -0.335 e. The van der Waals surface area contributed by atoms with Crippen LogP contribution >= 0.6 is 0 Å². The number of hydrogen-bond donors (Lipinski definition) is 0. The Balaban J connectivity index is 1.71. The summed E-state index contributed by atoms with van der Waals surface area (Å²) in [4.78, 5) is 33.5. The number of hydrogen-bond acceptors (Lipinski definition) is 4. The number of aryl methyl sites for hydroxylation is 1. The molecule has 0 spiro atoms. The first-order chi connectivity index (χ1) is 11.1. The zero-order valence-corrected chi connectivity index (χ0v) is 14.1. The maximum atomic E-state index is 12.8. The van der Waals surface area contributed by atoms with Gasteiger partial charge < -0.3 is 9.47 Å². The molecule has 23 heavy (non-hydrogen) atoms. The third kappa shape index (κ3) is 3.32. The lowest BCUT2D eigenvalue weighted by Gasteiger charge is -2.34. The number of likely N-dealkylation sites (tertiary alicyclic amines) is 1. The van der Waals surface area contributed by atoms with Crippen molar-refractivity contribution in [1.29, 1.82) is 0 Å². The van der Waals surface area contributed by atoms with Gasteiger partial charge in [0.2, 0.25) is 5.91 Å². The number of carbonyl (C=O) groups is 1. The molecule has 6 heteroatoms. The van der Waals surface area contributed by atoms with Crippen molar-refractivity contribution in [3.8, 4) is 0 Å². The lowest BCUT2D eigenvalue weighted by molar-refractivity contribution is -0.137. The molecule has 1 saturated heterocycles. The van der Waals surface area contributed by atoms with Crippen molar-refractivity contribution in [1.82, 2.24) is 19.4 Å². The number of fused-ring (bicyclic) bond motifs is 1. The van der Waals surface area contributed by atoms with Gasteiger partial charge in [-0.15, -0.1) is 0 Å². The predicted molar refractivity (Wildman–Crippen MR) is 88.1 cm³/mol. The standard InChI is InChI=1S/C17H26N4O2/c1-13(20-8-5-3-4-6-9-20)16(22)21-10-7-14-15(11-21)18-12-19(2)17(14)23/h12-13H,3-11H2,1-2H3/t13-/m1/s1. The van der Waals surface area contributed by atoms with Crippen molar-refractivity contribution in [2.24, 2.45) is 7.05 Å². The summed E-state index contributed by atoms with van der Waals surface area (Å²) in [6.07, 6.45) is 7.04. The summed E-state index contributed by atoms with van der Waals surface area (Å²) in [6, 6.07) is -0.0822. The molecule has 3 heterocycles. The molecule has 1 fully saturated rings. The van der Waals surface area contributed by atoms with Gasteiger partial charge in [0, 0.05) is 19.2 Å². The number of aromatic nitrogens is 2. The maximum Gasteiger partial charge on any atom is 0.256 e. The summed E-state index contributed by atoms with van der Waals surface area (Å²) in [5, 5.41) is 0. The van der Waals surface area contributed by atoms with E-state index in [1.165, 1.54) is 30.3 Å². The van der Waals surface area contributed by atoms with Crippen molar-refractivity contribution >= 4 is 5.91 Å². The van der Waals surface area contributed by atoms with Crippen LogP contribution < -0.4 is 5.56 Å². The van der Waals surface area contributed by atoms with E-state index in [1.54, 1.807) is 13.4 Å². The average Bonchev–Trinajstić information content (AvgIpc) is 2.86. The van der Waals surface area contributed by atoms with Gasteiger partial charge in [0.25, 0.3) is 5.56 Å². The highest BCUT2D eigenvalue weighted by Gasteiger charge is 2.30. The Morgan fingerprint density at radius 2 is 1.87 bits per heavy atom. The monoisotopic (exact) mass is 318 g/mol. The van der Waals surface area contributed by atoms with Crippen molar-refractivity contribution in [3.05, 3.63) is 27.9 Å². The first-order valence-corrected chi connectivity index (χ1v) is 8.64. The minimum absolute atomic E-state index is 0.0164. The number of amides is 1. The van der Waals surface area contributed by atoms with E-state index in [0.29, 0.717) is 19.5 Å². The summed E-state index contributed by atoms with van der Waals surface area (Å²) >= 11 is 0. The molecule has 126 valence electrons. The fourth-order valence-corrected chi connectivity index (χ4v) is 3.61. The second-order valence-corrected chi connectivity index (χ2v) is 6.72. The summed E-state index contributed by atoms with van der Waals surface area (Å²) < 4.78 is 1.51. The molecule has 0 bridgehead atoms. The molecule has 0 N–H and O–H groups in total. The normalized spacial score (nSPS) is 20.7. The molecule has 0 aliphatic carbocycles. The van der Waals surface area contributed by atoms with E-state index >= 15 is 0 Å². The van der Waals surface area contributed by atoms with E-state index in [9.17, 15) is 9.59 Å². The highest BCUT2D eigenvalue weighted by molar-refractivity contribution is 5.81. The molecule has 6 nitrogen and oxygen atoms in total. The van der Waals surface area contributed by atoms with E-state index in [2.05, 4.69) is 9.88 Å². The Kier molecular flexibility index (Phi) is 4.80. The van der Waals surface area contributed by atoms with Crippen LogP contribution in [0, 0.1) is 0 Å². The summed E-state index contributed by atoms with van der Waals surface area (Å²) in [5.41, 5.74) is 1.54. The first-order valence-electron chi connectivity index (χ1n) is 8.64. The van der Waals surface area contributed by atoms with Crippen LogP contribution in [0.4, 0.5) is 0 Å². The van der Waals surface area contributed by atoms with Gasteiger partial charge in [-0.2, -0.15) is 0 Å². The zero-order valence-electron chi connectivity index (χ0n) is 14.1. The molecule has 0 saturated carbocycles. The minimum atomic E-state index is -0.0822. The Morgan fingerprint density at radius 3 is 2.57 bits per heavy atom. The molecule has 0 radical (unpaired) electrons. The van der Waals surface area contributed by atoms with Gasteiger partial charge in [0.15, 0.2) is 0 Å². The van der Waals surface area contributed by atoms with Crippen LogP contribution in [0.3, 0.4) is 0 Å². The van der Waals surface area contributed by atoms with E-state index in [4.69, 9.17) is 0 Å². The Hall–Kier alpha value is -1.69. The second kappa shape index (κ2) is 6.83. The Labute approximate surface area is 137 Å². The molecule has 1 amide bonds. The molecule has 2 aliphatic rings. The van der Waals surface area contributed by atoms with Crippen LogP contribution in [0.1, 0.15) is 43.9 Å². The van der Waals surface area contributed by atoms with Gasteiger partial charge in [0.05, 0.1) is 24.6 Å². The zero-order chi connectivity index (χ0) is 16.4. The topological polar surface area (TPSA) is 58.4 Å². The molecule has 2 aliphatic heterocycles. The van der Waals surface area contributed by atoms with Crippen LogP contribution in [-0.2, 0) is 24.8 Å². The lowest BCUT2D eigenvalue weighted by Crippen LogP contribution is -2.49. The fraction of sp³-hybridized carbons (Fsp3) is 0.706. The van der Waals surface area contributed by atoms with Crippen molar-refractivity contribution in [2.75, 3.05) is 19.6 Å². The largest absolute Gasteiger partial charge is 0.335 e. The molecular weight excluding hydrogens is 292 g/mol.